The average Bonchev–Trinajstić information content (AvgIpc) is 2.92. The molecule has 3 saturated carbocycles. The second-order valence-corrected chi connectivity index (χ2v) is 12.5. The Labute approximate surface area is 216 Å². The molecular formula is C34H53F. The minimum absolute atomic E-state index is 0.203. The highest BCUT2D eigenvalue weighted by molar-refractivity contribution is 5.26. The van der Waals surface area contributed by atoms with Crippen LogP contribution in [0.4, 0.5) is 4.39 Å². The van der Waals surface area contributed by atoms with Gasteiger partial charge in [-0.25, -0.2) is 0 Å². The van der Waals surface area contributed by atoms with E-state index in [1.807, 2.05) is 0 Å². The lowest BCUT2D eigenvalue weighted by molar-refractivity contribution is 0.140. The van der Waals surface area contributed by atoms with Gasteiger partial charge in [0.25, 0.3) is 0 Å². The first-order chi connectivity index (χ1) is 17.2. The molecule has 0 aliphatic heterocycles. The first-order valence-electron chi connectivity index (χ1n) is 15.5. The number of rotatable bonds is 11. The SMILES string of the molecule is CC/C=C\CC1CCC(C2CCC(CCC3CCC(c4ccc(CCCF)cc4)CC3)CC2)CC1. The molecule has 0 saturated heterocycles. The third-order valence-electron chi connectivity index (χ3n) is 10.2. The Hall–Kier alpha value is -1.11. The predicted molar refractivity (Wildman–Crippen MR) is 150 cm³/mol. The number of aryl methyl sites for hydroxylation is 1. The van der Waals surface area contributed by atoms with E-state index < -0.39 is 0 Å². The fourth-order valence-corrected chi connectivity index (χ4v) is 7.78. The van der Waals surface area contributed by atoms with E-state index in [-0.39, 0.29) is 6.67 Å². The van der Waals surface area contributed by atoms with Gasteiger partial charge in [-0.15, -0.1) is 0 Å². The minimum atomic E-state index is -0.203. The molecule has 0 amide bonds. The summed E-state index contributed by atoms with van der Waals surface area (Å²) in [6.45, 7) is 2.04. The lowest BCUT2D eigenvalue weighted by atomic mass is 9.68. The Morgan fingerprint density at radius 2 is 1.23 bits per heavy atom. The van der Waals surface area contributed by atoms with Crippen molar-refractivity contribution in [2.75, 3.05) is 6.67 Å². The summed E-state index contributed by atoms with van der Waals surface area (Å²) in [6, 6.07) is 9.13. The highest BCUT2D eigenvalue weighted by atomic mass is 19.1. The van der Waals surface area contributed by atoms with Crippen molar-refractivity contribution in [1.82, 2.24) is 0 Å². The number of halogens is 1. The van der Waals surface area contributed by atoms with Gasteiger partial charge >= 0.3 is 0 Å². The Bertz CT molecular complexity index is 709. The van der Waals surface area contributed by atoms with Crippen LogP contribution in [-0.2, 0) is 6.42 Å². The van der Waals surface area contributed by atoms with E-state index in [0.29, 0.717) is 6.42 Å². The fraction of sp³-hybridized carbons (Fsp3) is 0.765. The van der Waals surface area contributed by atoms with E-state index in [0.717, 1.165) is 41.9 Å². The van der Waals surface area contributed by atoms with E-state index in [9.17, 15) is 4.39 Å². The van der Waals surface area contributed by atoms with Gasteiger partial charge in [-0.3, -0.25) is 4.39 Å². The molecule has 35 heavy (non-hydrogen) atoms. The minimum Gasteiger partial charge on any atom is -0.251 e. The van der Waals surface area contributed by atoms with Crippen molar-refractivity contribution >= 4 is 0 Å². The van der Waals surface area contributed by atoms with Crippen LogP contribution in [0.2, 0.25) is 0 Å². The summed E-state index contributed by atoms with van der Waals surface area (Å²) in [7, 11) is 0. The van der Waals surface area contributed by atoms with Gasteiger partial charge in [-0.1, -0.05) is 69.0 Å². The van der Waals surface area contributed by atoms with E-state index in [1.54, 1.807) is 0 Å². The van der Waals surface area contributed by atoms with Crippen LogP contribution in [0.15, 0.2) is 36.4 Å². The topological polar surface area (TPSA) is 0 Å². The zero-order valence-corrected chi connectivity index (χ0v) is 22.7. The molecule has 0 unspecified atom stereocenters. The lowest BCUT2D eigenvalue weighted by Crippen LogP contribution is -2.26. The van der Waals surface area contributed by atoms with Crippen molar-refractivity contribution in [2.45, 2.75) is 128 Å². The molecule has 0 nitrogen and oxygen atoms in total. The molecule has 0 aromatic heterocycles. The molecule has 1 heteroatoms. The van der Waals surface area contributed by atoms with Crippen LogP contribution in [0.25, 0.3) is 0 Å². The van der Waals surface area contributed by atoms with Gasteiger partial charge in [0.1, 0.15) is 0 Å². The third-order valence-corrected chi connectivity index (χ3v) is 10.2. The molecule has 0 spiro atoms. The van der Waals surface area contributed by atoms with E-state index in [4.69, 9.17) is 0 Å². The molecular weight excluding hydrogens is 427 g/mol. The third kappa shape index (κ3) is 8.46. The zero-order chi connectivity index (χ0) is 24.3. The predicted octanol–water partition coefficient (Wildman–Crippen LogP) is 10.6. The Kier molecular flexibility index (Phi) is 11.2. The van der Waals surface area contributed by atoms with Crippen LogP contribution >= 0.6 is 0 Å². The van der Waals surface area contributed by atoms with Gasteiger partial charge in [0.2, 0.25) is 0 Å². The molecule has 0 radical (unpaired) electrons. The van der Waals surface area contributed by atoms with Crippen molar-refractivity contribution < 1.29 is 4.39 Å². The number of hydrogen-bond donors (Lipinski definition) is 0. The van der Waals surface area contributed by atoms with Crippen LogP contribution in [0.5, 0.6) is 0 Å². The summed E-state index contributed by atoms with van der Waals surface area (Å²) in [5, 5.41) is 0. The molecule has 0 N–H and O–H groups in total. The van der Waals surface area contributed by atoms with Gasteiger partial charge in [0.05, 0.1) is 6.67 Å². The molecule has 0 bridgehead atoms. The number of hydrogen-bond acceptors (Lipinski definition) is 0. The van der Waals surface area contributed by atoms with E-state index >= 15 is 0 Å². The molecule has 4 rings (SSSR count). The summed E-state index contributed by atoms with van der Waals surface area (Å²) in [4.78, 5) is 0. The highest BCUT2D eigenvalue weighted by Crippen LogP contribution is 2.44. The number of benzene rings is 1. The molecule has 0 atom stereocenters. The smallest absolute Gasteiger partial charge is 0.0897 e. The maximum Gasteiger partial charge on any atom is 0.0897 e. The van der Waals surface area contributed by atoms with Crippen LogP contribution in [-0.4, -0.2) is 6.67 Å². The first kappa shape index (κ1) is 26.9. The molecule has 3 aliphatic carbocycles. The molecule has 1 aromatic rings. The van der Waals surface area contributed by atoms with Crippen molar-refractivity contribution in [3.8, 4) is 0 Å². The maximum absolute atomic E-state index is 12.4. The maximum atomic E-state index is 12.4. The van der Waals surface area contributed by atoms with Gasteiger partial charge in [-0.2, -0.15) is 0 Å². The number of alkyl halides is 1. The summed E-state index contributed by atoms with van der Waals surface area (Å²) in [5.74, 6) is 5.84. The van der Waals surface area contributed by atoms with Gasteiger partial charge in [-0.05, 0) is 137 Å². The Balaban J connectivity index is 1.09. The van der Waals surface area contributed by atoms with Crippen LogP contribution in [0.3, 0.4) is 0 Å². The van der Waals surface area contributed by atoms with Crippen LogP contribution in [0, 0.1) is 29.6 Å². The second-order valence-electron chi connectivity index (χ2n) is 12.5. The highest BCUT2D eigenvalue weighted by Gasteiger charge is 2.31. The van der Waals surface area contributed by atoms with Crippen molar-refractivity contribution in [2.24, 2.45) is 29.6 Å². The fourth-order valence-electron chi connectivity index (χ4n) is 7.78. The Morgan fingerprint density at radius 3 is 1.77 bits per heavy atom. The summed E-state index contributed by atoms with van der Waals surface area (Å²) < 4.78 is 12.4. The normalized spacial score (nSPS) is 32.2. The van der Waals surface area contributed by atoms with E-state index in [1.165, 1.54) is 114 Å². The second kappa shape index (κ2) is 14.6. The van der Waals surface area contributed by atoms with Crippen molar-refractivity contribution in [3.05, 3.63) is 47.5 Å². The molecule has 3 aliphatic rings. The summed E-state index contributed by atoms with van der Waals surface area (Å²) >= 11 is 0. The number of allylic oxidation sites excluding steroid dienone is 2. The van der Waals surface area contributed by atoms with Gasteiger partial charge < -0.3 is 0 Å². The largest absolute Gasteiger partial charge is 0.251 e. The monoisotopic (exact) mass is 480 g/mol. The standard InChI is InChI=1S/C34H53F/c1-2-3-4-6-27-10-18-31(19-11-27)33-22-14-29(15-23-33)8-9-30-16-24-34(25-17-30)32-20-12-28(13-21-32)7-5-26-35/h3-4,12-13,20-21,27,29-31,33-34H,2,5-11,14-19,22-26H2,1H3/b4-3-. The first-order valence-corrected chi connectivity index (χ1v) is 15.5. The van der Waals surface area contributed by atoms with Crippen molar-refractivity contribution in [1.29, 1.82) is 0 Å². The quantitative estimate of drug-likeness (QED) is 0.276. The lowest BCUT2D eigenvalue weighted by Gasteiger charge is -2.38. The van der Waals surface area contributed by atoms with Crippen LogP contribution in [0.1, 0.15) is 133 Å². The van der Waals surface area contributed by atoms with Gasteiger partial charge in [0, 0.05) is 0 Å². The zero-order valence-electron chi connectivity index (χ0n) is 22.7. The molecule has 1 aromatic carbocycles. The average molecular weight is 481 g/mol. The molecule has 196 valence electrons. The molecule has 3 fully saturated rings. The molecule has 0 heterocycles. The van der Waals surface area contributed by atoms with Crippen LogP contribution < -0.4 is 0 Å². The van der Waals surface area contributed by atoms with Gasteiger partial charge in [0.15, 0.2) is 0 Å². The van der Waals surface area contributed by atoms with E-state index in [2.05, 4.69) is 43.3 Å². The van der Waals surface area contributed by atoms with Crippen molar-refractivity contribution in [3.63, 3.8) is 0 Å². The summed E-state index contributed by atoms with van der Waals surface area (Å²) in [6.07, 6.45) is 29.6. The summed E-state index contributed by atoms with van der Waals surface area (Å²) in [5.41, 5.74) is 2.82. The Morgan fingerprint density at radius 1 is 0.686 bits per heavy atom.